The number of carbonyl (C=O) groups excluding carboxylic acids is 1. The Bertz CT molecular complexity index is 846. The minimum Gasteiger partial charge on any atom is -0.465 e. The molecule has 0 fully saturated rings. The lowest BCUT2D eigenvalue weighted by atomic mass is 10.1. The van der Waals surface area contributed by atoms with Gasteiger partial charge < -0.3 is 4.74 Å². The Morgan fingerprint density at radius 3 is 2.68 bits per heavy atom. The minimum atomic E-state index is -0.374. The maximum atomic E-state index is 11.8. The smallest absolute Gasteiger partial charge is 0.348 e. The fraction of sp³-hybridized carbons (Fsp3) is 0.188. The predicted molar refractivity (Wildman–Crippen MR) is 87.7 cm³/mol. The maximum absolute atomic E-state index is 11.8. The number of hydrogen-bond acceptors (Lipinski definition) is 5. The first-order valence-electron chi connectivity index (χ1n) is 6.68. The van der Waals surface area contributed by atoms with Gasteiger partial charge in [-0.15, -0.1) is 11.3 Å². The number of fused-ring (bicyclic) bond motifs is 1. The Balaban J connectivity index is 2.07. The number of ether oxygens (including phenoxy) is 1. The fourth-order valence-corrected chi connectivity index (χ4v) is 3.78. The molecule has 0 saturated carbocycles. The van der Waals surface area contributed by atoms with Gasteiger partial charge in [0.05, 0.1) is 12.5 Å². The van der Waals surface area contributed by atoms with Gasteiger partial charge in [0.15, 0.2) is 0 Å². The number of aromatic nitrogens is 2. The highest BCUT2D eigenvalue weighted by atomic mass is 35.5. The number of carbonyl (C=O) groups is 1. The normalized spacial score (nSPS) is 10.9. The van der Waals surface area contributed by atoms with E-state index in [4.69, 9.17) is 16.3 Å². The molecule has 4 nitrogen and oxygen atoms in total. The third-order valence-electron chi connectivity index (χ3n) is 3.37. The largest absolute Gasteiger partial charge is 0.465 e. The molecule has 0 spiro atoms. The molecule has 0 bridgehead atoms. The zero-order valence-corrected chi connectivity index (χ0v) is 13.7. The van der Waals surface area contributed by atoms with Crippen LogP contribution in [0, 0.1) is 6.92 Å². The van der Waals surface area contributed by atoms with E-state index in [9.17, 15) is 4.79 Å². The molecule has 22 heavy (non-hydrogen) atoms. The van der Waals surface area contributed by atoms with Crippen molar-refractivity contribution in [3.63, 3.8) is 0 Å². The standard InChI is InChI=1S/C16H13ClN2O2S/c1-9-12-14(17)18-11(8-10-6-4-3-5-7-10)19-15(12)22-13(9)16(20)21-2/h3-7H,8H2,1-2H3. The van der Waals surface area contributed by atoms with Gasteiger partial charge in [-0.05, 0) is 18.1 Å². The van der Waals surface area contributed by atoms with Crippen LogP contribution < -0.4 is 0 Å². The van der Waals surface area contributed by atoms with Gasteiger partial charge in [0.25, 0.3) is 0 Å². The molecule has 2 heterocycles. The zero-order chi connectivity index (χ0) is 15.7. The van der Waals surface area contributed by atoms with Crippen molar-refractivity contribution in [2.24, 2.45) is 0 Å². The topological polar surface area (TPSA) is 52.1 Å². The number of hydrogen-bond donors (Lipinski definition) is 0. The molecule has 0 unspecified atom stereocenters. The summed E-state index contributed by atoms with van der Waals surface area (Å²) in [6.45, 7) is 1.83. The number of thiophene rings is 1. The number of benzene rings is 1. The summed E-state index contributed by atoms with van der Waals surface area (Å²) in [4.78, 5) is 21.9. The first-order chi connectivity index (χ1) is 10.6. The van der Waals surface area contributed by atoms with Crippen LogP contribution in [0.1, 0.15) is 26.6 Å². The molecule has 0 radical (unpaired) electrons. The summed E-state index contributed by atoms with van der Waals surface area (Å²) in [5, 5.41) is 1.10. The second-order valence-electron chi connectivity index (χ2n) is 4.82. The molecule has 0 aliphatic carbocycles. The van der Waals surface area contributed by atoms with Crippen LogP contribution in [0.15, 0.2) is 30.3 Å². The van der Waals surface area contributed by atoms with Crippen molar-refractivity contribution < 1.29 is 9.53 Å². The van der Waals surface area contributed by atoms with E-state index in [2.05, 4.69) is 9.97 Å². The number of rotatable bonds is 3. The Morgan fingerprint density at radius 2 is 2.00 bits per heavy atom. The number of halogens is 1. The lowest BCUT2D eigenvalue weighted by Crippen LogP contribution is -1.99. The van der Waals surface area contributed by atoms with Gasteiger partial charge in [-0.1, -0.05) is 41.9 Å². The predicted octanol–water partition coefficient (Wildman–Crippen LogP) is 4.03. The van der Waals surface area contributed by atoms with Gasteiger partial charge in [-0.3, -0.25) is 0 Å². The van der Waals surface area contributed by atoms with Crippen molar-refractivity contribution in [3.05, 3.63) is 57.3 Å². The van der Waals surface area contributed by atoms with Crippen LogP contribution in [0.5, 0.6) is 0 Å². The molecule has 3 aromatic rings. The highest BCUT2D eigenvalue weighted by Gasteiger charge is 2.20. The van der Waals surface area contributed by atoms with Crippen molar-refractivity contribution in [3.8, 4) is 0 Å². The third-order valence-corrected chi connectivity index (χ3v) is 4.81. The highest BCUT2D eigenvalue weighted by Crippen LogP contribution is 2.34. The zero-order valence-electron chi connectivity index (χ0n) is 12.1. The minimum absolute atomic E-state index is 0.374. The van der Waals surface area contributed by atoms with Crippen LogP contribution >= 0.6 is 22.9 Å². The number of esters is 1. The van der Waals surface area contributed by atoms with Crippen molar-refractivity contribution >= 4 is 39.1 Å². The molecule has 0 amide bonds. The molecule has 0 atom stereocenters. The summed E-state index contributed by atoms with van der Waals surface area (Å²) in [5.41, 5.74) is 1.88. The summed E-state index contributed by atoms with van der Waals surface area (Å²) in [6, 6.07) is 9.94. The van der Waals surface area contributed by atoms with E-state index in [0.29, 0.717) is 27.1 Å². The van der Waals surface area contributed by atoms with E-state index in [1.807, 2.05) is 37.3 Å². The lowest BCUT2D eigenvalue weighted by Gasteiger charge is -2.02. The Hall–Kier alpha value is -1.98. The number of methoxy groups -OCH3 is 1. The van der Waals surface area contributed by atoms with Gasteiger partial charge in [0.1, 0.15) is 20.7 Å². The van der Waals surface area contributed by atoms with Crippen LogP contribution in [0.3, 0.4) is 0 Å². The average molecular weight is 333 g/mol. The highest BCUT2D eigenvalue weighted by molar-refractivity contribution is 7.20. The van der Waals surface area contributed by atoms with Crippen molar-refractivity contribution in [2.45, 2.75) is 13.3 Å². The fourth-order valence-electron chi connectivity index (χ4n) is 2.28. The molecular formula is C16H13ClN2O2S. The van der Waals surface area contributed by atoms with Crippen molar-refractivity contribution in [1.82, 2.24) is 9.97 Å². The van der Waals surface area contributed by atoms with Crippen LogP contribution in [0.2, 0.25) is 5.15 Å². The second-order valence-corrected chi connectivity index (χ2v) is 6.18. The molecule has 0 aliphatic rings. The summed E-state index contributed by atoms with van der Waals surface area (Å²) in [7, 11) is 1.36. The lowest BCUT2D eigenvalue weighted by molar-refractivity contribution is 0.0605. The summed E-state index contributed by atoms with van der Waals surface area (Å²) in [6.07, 6.45) is 0.598. The molecule has 3 rings (SSSR count). The van der Waals surface area contributed by atoms with E-state index >= 15 is 0 Å². The maximum Gasteiger partial charge on any atom is 0.348 e. The van der Waals surface area contributed by atoms with Crippen LogP contribution in [-0.4, -0.2) is 23.0 Å². The molecule has 2 aromatic heterocycles. The molecule has 6 heteroatoms. The van der Waals surface area contributed by atoms with Gasteiger partial charge in [0.2, 0.25) is 0 Å². The summed E-state index contributed by atoms with van der Waals surface area (Å²) >= 11 is 7.58. The van der Waals surface area contributed by atoms with Crippen LogP contribution in [-0.2, 0) is 11.2 Å². The Labute approximate surface area is 136 Å². The SMILES string of the molecule is COC(=O)c1sc2nc(Cc3ccccc3)nc(Cl)c2c1C. The van der Waals surface area contributed by atoms with Crippen molar-refractivity contribution in [1.29, 1.82) is 0 Å². The molecule has 0 aliphatic heterocycles. The summed E-state index contributed by atoms with van der Waals surface area (Å²) < 4.78 is 4.79. The molecule has 0 N–H and O–H groups in total. The van der Waals surface area contributed by atoms with E-state index in [-0.39, 0.29) is 5.97 Å². The number of aryl methyl sites for hydroxylation is 1. The second kappa shape index (κ2) is 6.02. The van der Waals surface area contributed by atoms with Gasteiger partial charge >= 0.3 is 5.97 Å². The average Bonchev–Trinajstić information content (AvgIpc) is 2.85. The Kier molecular flexibility index (Phi) is 4.09. The number of nitrogens with zero attached hydrogens (tertiary/aromatic N) is 2. The van der Waals surface area contributed by atoms with E-state index in [1.165, 1.54) is 18.4 Å². The van der Waals surface area contributed by atoms with E-state index in [0.717, 1.165) is 16.5 Å². The van der Waals surface area contributed by atoms with Crippen LogP contribution in [0.4, 0.5) is 0 Å². The van der Waals surface area contributed by atoms with E-state index < -0.39 is 0 Å². The summed E-state index contributed by atoms with van der Waals surface area (Å²) in [5.74, 6) is 0.266. The van der Waals surface area contributed by atoms with Gasteiger partial charge in [-0.25, -0.2) is 14.8 Å². The van der Waals surface area contributed by atoms with E-state index in [1.54, 1.807) is 0 Å². The molecule has 0 saturated heterocycles. The molecular weight excluding hydrogens is 320 g/mol. The molecule has 112 valence electrons. The van der Waals surface area contributed by atoms with Crippen LogP contribution in [0.25, 0.3) is 10.2 Å². The van der Waals surface area contributed by atoms with Crippen molar-refractivity contribution in [2.75, 3.05) is 7.11 Å². The monoisotopic (exact) mass is 332 g/mol. The van der Waals surface area contributed by atoms with Gasteiger partial charge in [-0.2, -0.15) is 0 Å². The quantitative estimate of drug-likeness (QED) is 0.536. The first-order valence-corrected chi connectivity index (χ1v) is 7.87. The van der Waals surface area contributed by atoms with Gasteiger partial charge in [0, 0.05) is 6.42 Å². The molecule has 1 aromatic carbocycles. The Morgan fingerprint density at radius 1 is 1.27 bits per heavy atom. The third kappa shape index (κ3) is 2.69. The first kappa shape index (κ1) is 14.9.